The minimum Gasteiger partial charge on any atom is -0.325 e. The van der Waals surface area contributed by atoms with Crippen LogP contribution in [0.25, 0.3) is 0 Å². The maximum absolute atomic E-state index is 11.8. The van der Waals surface area contributed by atoms with Gasteiger partial charge in [-0.15, -0.1) is 0 Å². The van der Waals surface area contributed by atoms with E-state index in [9.17, 15) is 13.2 Å². The molecule has 0 spiro atoms. The van der Waals surface area contributed by atoms with Crippen LogP contribution in [0.2, 0.25) is 0 Å². The van der Waals surface area contributed by atoms with E-state index in [4.69, 9.17) is 5.73 Å². The van der Waals surface area contributed by atoms with Gasteiger partial charge in [-0.1, -0.05) is 0 Å². The summed E-state index contributed by atoms with van der Waals surface area (Å²) in [7, 11) is -3.13. The van der Waals surface area contributed by atoms with Crippen molar-refractivity contribution in [2.75, 3.05) is 19.3 Å². The van der Waals surface area contributed by atoms with Gasteiger partial charge < -0.3 is 5.73 Å². The summed E-state index contributed by atoms with van der Waals surface area (Å²) in [6.45, 7) is 4.70. The molecule has 5 nitrogen and oxygen atoms in total. The van der Waals surface area contributed by atoms with Crippen molar-refractivity contribution >= 4 is 15.8 Å². The molecular weight excluding hydrogens is 252 g/mol. The van der Waals surface area contributed by atoms with Gasteiger partial charge in [0.1, 0.15) is 5.78 Å². The van der Waals surface area contributed by atoms with E-state index in [0.717, 1.165) is 12.8 Å². The van der Waals surface area contributed by atoms with Crippen LogP contribution in [-0.2, 0) is 14.8 Å². The molecule has 1 saturated heterocycles. The molecule has 0 aliphatic carbocycles. The largest absolute Gasteiger partial charge is 0.325 e. The first-order valence-corrected chi connectivity index (χ1v) is 8.18. The fourth-order valence-electron chi connectivity index (χ4n) is 2.40. The predicted molar refractivity (Wildman–Crippen MR) is 71.6 cm³/mol. The monoisotopic (exact) mass is 276 g/mol. The predicted octanol–water partition coefficient (Wildman–Crippen LogP) is 0.745. The third-order valence-corrected chi connectivity index (χ3v) is 4.39. The zero-order valence-corrected chi connectivity index (χ0v) is 12.3. The summed E-state index contributed by atoms with van der Waals surface area (Å²) >= 11 is 0. The first-order chi connectivity index (χ1) is 8.08. The molecule has 1 unspecified atom stereocenters. The van der Waals surface area contributed by atoms with Gasteiger partial charge in [0.05, 0.1) is 6.26 Å². The average Bonchev–Trinajstić information content (AvgIpc) is 2.13. The molecule has 1 fully saturated rings. The highest BCUT2D eigenvalue weighted by Gasteiger charge is 2.28. The van der Waals surface area contributed by atoms with Crippen molar-refractivity contribution in [3.8, 4) is 0 Å². The van der Waals surface area contributed by atoms with Crippen molar-refractivity contribution in [2.45, 2.75) is 45.1 Å². The van der Waals surface area contributed by atoms with Crippen molar-refractivity contribution in [3.63, 3.8) is 0 Å². The zero-order chi connectivity index (χ0) is 14.0. The molecule has 2 N–H and O–H groups in total. The number of carbonyl (C=O) groups is 1. The number of Topliss-reactive ketones (excluding diaryl/α,β-unsaturated/α-hetero) is 1. The van der Waals surface area contributed by atoms with Crippen LogP contribution in [0.15, 0.2) is 0 Å². The summed E-state index contributed by atoms with van der Waals surface area (Å²) in [5.74, 6) is 0.270. The number of rotatable bonds is 5. The second-order valence-corrected chi connectivity index (χ2v) is 8.02. The molecule has 0 aromatic carbocycles. The third-order valence-electron chi connectivity index (χ3n) is 3.12. The Hall–Kier alpha value is -0.460. The Morgan fingerprint density at radius 1 is 1.44 bits per heavy atom. The van der Waals surface area contributed by atoms with Gasteiger partial charge in [0.15, 0.2) is 0 Å². The standard InChI is InChI=1S/C12H24N2O3S/c1-12(2,13)8-11(15)7-10-5-4-6-14(9-10)18(3,16)17/h10H,4-9,13H2,1-3H3. The Morgan fingerprint density at radius 3 is 2.56 bits per heavy atom. The number of piperidine rings is 1. The number of nitrogens with two attached hydrogens (primary N) is 1. The normalized spacial score (nSPS) is 23.0. The van der Waals surface area contributed by atoms with Gasteiger partial charge in [-0.3, -0.25) is 4.79 Å². The van der Waals surface area contributed by atoms with Crippen molar-refractivity contribution in [1.82, 2.24) is 4.31 Å². The summed E-state index contributed by atoms with van der Waals surface area (Å²) in [6, 6.07) is 0. The maximum Gasteiger partial charge on any atom is 0.211 e. The van der Waals surface area contributed by atoms with E-state index in [2.05, 4.69) is 0 Å². The highest BCUT2D eigenvalue weighted by molar-refractivity contribution is 7.88. The third kappa shape index (κ3) is 5.46. The highest BCUT2D eigenvalue weighted by atomic mass is 32.2. The lowest BCUT2D eigenvalue weighted by atomic mass is 9.89. The molecule has 0 saturated carbocycles. The maximum atomic E-state index is 11.8. The lowest BCUT2D eigenvalue weighted by Crippen LogP contribution is -2.40. The van der Waals surface area contributed by atoms with Gasteiger partial charge in [0.2, 0.25) is 10.0 Å². The summed E-state index contributed by atoms with van der Waals surface area (Å²) < 4.78 is 24.4. The van der Waals surface area contributed by atoms with Crippen LogP contribution in [-0.4, -0.2) is 43.4 Å². The van der Waals surface area contributed by atoms with Gasteiger partial charge in [-0.05, 0) is 32.6 Å². The Labute approximate surface area is 110 Å². The lowest BCUT2D eigenvalue weighted by molar-refractivity contribution is -0.121. The average molecular weight is 276 g/mol. The Balaban J connectivity index is 2.51. The summed E-state index contributed by atoms with van der Waals surface area (Å²) in [6.07, 6.45) is 3.76. The molecule has 1 atom stereocenters. The number of sulfonamides is 1. The van der Waals surface area contributed by atoms with E-state index in [-0.39, 0.29) is 11.7 Å². The molecule has 1 aliphatic rings. The number of hydrogen-bond acceptors (Lipinski definition) is 4. The number of nitrogens with zero attached hydrogens (tertiary/aromatic N) is 1. The van der Waals surface area contributed by atoms with Crippen LogP contribution in [0.3, 0.4) is 0 Å². The van der Waals surface area contributed by atoms with E-state index < -0.39 is 15.6 Å². The molecule has 0 amide bonds. The van der Waals surface area contributed by atoms with Crippen molar-refractivity contribution in [1.29, 1.82) is 0 Å². The first-order valence-electron chi connectivity index (χ1n) is 6.33. The molecule has 1 rings (SSSR count). The number of carbonyl (C=O) groups excluding carboxylic acids is 1. The molecule has 0 radical (unpaired) electrons. The fourth-order valence-corrected chi connectivity index (χ4v) is 3.34. The van der Waals surface area contributed by atoms with E-state index in [1.54, 1.807) is 0 Å². The van der Waals surface area contributed by atoms with E-state index in [0.29, 0.717) is 25.9 Å². The first kappa shape index (κ1) is 15.6. The lowest BCUT2D eigenvalue weighted by Gasteiger charge is -2.31. The van der Waals surface area contributed by atoms with Crippen LogP contribution in [0.4, 0.5) is 0 Å². The summed E-state index contributed by atoms with van der Waals surface area (Å²) in [5, 5.41) is 0. The van der Waals surface area contributed by atoms with Gasteiger partial charge in [-0.2, -0.15) is 0 Å². The van der Waals surface area contributed by atoms with Crippen LogP contribution in [0.1, 0.15) is 39.5 Å². The van der Waals surface area contributed by atoms with Gasteiger partial charge in [0, 0.05) is 31.5 Å². The van der Waals surface area contributed by atoms with Crippen LogP contribution >= 0.6 is 0 Å². The number of hydrogen-bond donors (Lipinski definition) is 1. The smallest absolute Gasteiger partial charge is 0.211 e. The topological polar surface area (TPSA) is 80.5 Å². The van der Waals surface area contributed by atoms with E-state index in [1.807, 2.05) is 13.8 Å². The summed E-state index contributed by atoms with van der Waals surface area (Å²) in [5.41, 5.74) is 5.33. The van der Waals surface area contributed by atoms with Gasteiger partial charge in [0.25, 0.3) is 0 Å². The minimum atomic E-state index is -3.13. The second kappa shape index (κ2) is 5.67. The minimum absolute atomic E-state index is 0.128. The van der Waals surface area contributed by atoms with Gasteiger partial charge in [-0.25, -0.2) is 12.7 Å². The quantitative estimate of drug-likeness (QED) is 0.803. The SMILES string of the molecule is CC(C)(N)CC(=O)CC1CCCN(S(C)(=O)=O)C1. The van der Waals surface area contributed by atoms with E-state index >= 15 is 0 Å². The molecule has 0 bridgehead atoms. The molecule has 106 valence electrons. The van der Waals surface area contributed by atoms with Crippen LogP contribution in [0, 0.1) is 5.92 Å². The molecular formula is C12H24N2O3S. The van der Waals surface area contributed by atoms with Crippen molar-refractivity contribution in [2.24, 2.45) is 11.7 Å². The zero-order valence-electron chi connectivity index (χ0n) is 11.5. The Kier molecular flexibility index (Phi) is 4.91. The summed E-state index contributed by atoms with van der Waals surface area (Å²) in [4.78, 5) is 11.8. The van der Waals surface area contributed by atoms with Crippen molar-refractivity contribution in [3.05, 3.63) is 0 Å². The van der Waals surface area contributed by atoms with Gasteiger partial charge >= 0.3 is 0 Å². The van der Waals surface area contributed by atoms with E-state index in [1.165, 1.54) is 10.6 Å². The number of ketones is 1. The highest BCUT2D eigenvalue weighted by Crippen LogP contribution is 2.23. The van der Waals surface area contributed by atoms with Crippen LogP contribution < -0.4 is 5.73 Å². The molecule has 18 heavy (non-hydrogen) atoms. The van der Waals surface area contributed by atoms with Crippen molar-refractivity contribution < 1.29 is 13.2 Å². The molecule has 0 aromatic rings. The van der Waals surface area contributed by atoms with Crippen LogP contribution in [0.5, 0.6) is 0 Å². The Morgan fingerprint density at radius 2 is 2.06 bits per heavy atom. The molecule has 6 heteroatoms. The molecule has 1 heterocycles. The second-order valence-electron chi connectivity index (χ2n) is 6.04. The fraction of sp³-hybridized carbons (Fsp3) is 0.917. The molecule has 1 aliphatic heterocycles. The molecule has 0 aromatic heterocycles. The Bertz CT molecular complexity index is 398.